The maximum Gasteiger partial charge on any atom is 0.334 e. The van der Waals surface area contributed by atoms with E-state index in [1.807, 2.05) is 0 Å². The van der Waals surface area contributed by atoms with Gasteiger partial charge in [-0.2, -0.15) is 0 Å². The van der Waals surface area contributed by atoms with Gasteiger partial charge in [-0.15, -0.1) is 0 Å². The number of carbonyl (C=O) groups is 2. The van der Waals surface area contributed by atoms with E-state index in [0.29, 0.717) is 15.7 Å². The Morgan fingerprint density at radius 2 is 2.22 bits per heavy atom. The molecule has 18 heavy (non-hydrogen) atoms. The first kappa shape index (κ1) is 14.5. The number of benzene rings is 1. The second kappa shape index (κ2) is 6.36. The summed E-state index contributed by atoms with van der Waals surface area (Å²) >= 11 is 3.27. The first-order valence-electron chi connectivity index (χ1n) is 5.04. The van der Waals surface area contributed by atoms with Gasteiger partial charge in [-0.25, -0.2) is 4.79 Å². The predicted molar refractivity (Wildman–Crippen MR) is 69.6 cm³/mol. The number of hydrogen-bond acceptors (Lipinski definition) is 4. The van der Waals surface area contributed by atoms with Gasteiger partial charge in [0.25, 0.3) is 0 Å². The molecule has 0 fully saturated rings. The van der Waals surface area contributed by atoms with Crippen LogP contribution in [0.5, 0.6) is 0 Å². The number of carboxylic acids is 1. The molecule has 0 spiro atoms. The van der Waals surface area contributed by atoms with Crippen molar-refractivity contribution in [2.45, 2.75) is 6.10 Å². The largest absolute Gasteiger partial charge is 0.479 e. The molecule has 0 aliphatic carbocycles. The van der Waals surface area contributed by atoms with Gasteiger partial charge in [-0.05, 0) is 34.1 Å². The van der Waals surface area contributed by atoms with Crippen molar-refractivity contribution in [2.24, 2.45) is 5.73 Å². The molecule has 7 heteroatoms. The lowest BCUT2D eigenvalue weighted by atomic mass is 10.2. The molecular weight excluding hydrogens is 304 g/mol. The van der Waals surface area contributed by atoms with Crippen molar-refractivity contribution in [2.75, 3.05) is 19.0 Å². The van der Waals surface area contributed by atoms with Gasteiger partial charge in [0, 0.05) is 22.8 Å². The number of halogens is 1. The maximum absolute atomic E-state index is 10.9. The molecule has 0 aromatic heterocycles. The van der Waals surface area contributed by atoms with Gasteiger partial charge < -0.3 is 20.9 Å². The third-order valence-corrected chi connectivity index (χ3v) is 2.95. The number of carbonyl (C=O) groups excluding carboxylic acids is 1. The van der Waals surface area contributed by atoms with Crippen LogP contribution in [-0.4, -0.2) is 36.7 Å². The first-order chi connectivity index (χ1) is 8.45. The van der Waals surface area contributed by atoms with Crippen LogP contribution in [0.2, 0.25) is 0 Å². The number of ether oxygens (including phenoxy) is 1. The Bertz CT molecular complexity index is 464. The lowest BCUT2D eigenvalue weighted by Gasteiger charge is -2.14. The van der Waals surface area contributed by atoms with Crippen LogP contribution in [0.25, 0.3) is 0 Å². The Balaban J connectivity index is 2.74. The molecule has 1 aromatic rings. The van der Waals surface area contributed by atoms with E-state index in [2.05, 4.69) is 21.2 Å². The fraction of sp³-hybridized carbons (Fsp3) is 0.273. The summed E-state index contributed by atoms with van der Waals surface area (Å²) in [6.07, 6.45) is -0.937. The highest BCUT2D eigenvalue weighted by molar-refractivity contribution is 9.10. The Kier molecular flexibility index (Phi) is 5.11. The number of anilines is 1. The number of amides is 1. The summed E-state index contributed by atoms with van der Waals surface area (Å²) in [5.74, 6) is -1.57. The van der Waals surface area contributed by atoms with Gasteiger partial charge >= 0.3 is 5.97 Å². The molecule has 1 atom stereocenters. The molecule has 0 aliphatic heterocycles. The molecule has 1 aromatic carbocycles. The highest BCUT2D eigenvalue weighted by Crippen LogP contribution is 2.23. The number of rotatable bonds is 6. The van der Waals surface area contributed by atoms with E-state index in [1.54, 1.807) is 18.2 Å². The molecule has 0 heterocycles. The van der Waals surface area contributed by atoms with E-state index in [1.165, 1.54) is 7.11 Å². The number of aliphatic carboxylic acids is 1. The highest BCUT2D eigenvalue weighted by atomic mass is 79.9. The van der Waals surface area contributed by atoms with Crippen molar-refractivity contribution in [3.63, 3.8) is 0 Å². The zero-order valence-electron chi connectivity index (χ0n) is 9.64. The molecule has 0 bridgehead atoms. The lowest BCUT2D eigenvalue weighted by molar-refractivity contribution is -0.147. The monoisotopic (exact) mass is 316 g/mol. The minimum absolute atomic E-state index is 0.111. The molecule has 0 radical (unpaired) electrons. The normalized spacial score (nSPS) is 11.9. The van der Waals surface area contributed by atoms with Gasteiger partial charge in [-0.3, -0.25) is 4.79 Å². The number of carboxylic acid groups (broad SMARTS) is 1. The molecule has 98 valence electrons. The van der Waals surface area contributed by atoms with Crippen LogP contribution in [0.1, 0.15) is 10.4 Å². The molecule has 6 nitrogen and oxygen atoms in total. The third-order valence-electron chi connectivity index (χ3n) is 2.29. The molecule has 0 saturated carbocycles. The molecule has 1 unspecified atom stereocenters. The summed E-state index contributed by atoms with van der Waals surface area (Å²) in [5, 5.41) is 11.7. The van der Waals surface area contributed by atoms with Crippen LogP contribution >= 0.6 is 15.9 Å². The SMILES string of the molecule is COC(CNc1ccc(C(N)=O)cc1Br)C(=O)O. The topological polar surface area (TPSA) is 102 Å². The minimum atomic E-state index is -1.05. The average Bonchev–Trinajstić information content (AvgIpc) is 2.30. The van der Waals surface area contributed by atoms with Crippen LogP contribution in [0.15, 0.2) is 22.7 Å². The predicted octanol–water partition coefficient (Wildman–Crippen LogP) is 1.06. The van der Waals surface area contributed by atoms with E-state index in [-0.39, 0.29) is 6.54 Å². The summed E-state index contributed by atoms with van der Waals surface area (Å²) in [6.45, 7) is 0.111. The Hall–Kier alpha value is -1.60. The van der Waals surface area contributed by atoms with Crippen LogP contribution in [0.4, 0.5) is 5.69 Å². The average molecular weight is 317 g/mol. The maximum atomic E-state index is 10.9. The van der Waals surface area contributed by atoms with E-state index in [4.69, 9.17) is 15.6 Å². The zero-order valence-corrected chi connectivity index (χ0v) is 11.2. The van der Waals surface area contributed by atoms with Crippen molar-refractivity contribution in [3.05, 3.63) is 28.2 Å². The van der Waals surface area contributed by atoms with Crippen molar-refractivity contribution in [1.82, 2.24) is 0 Å². The first-order valence-corrected chi connectivity index (χ1v) is 5.83. The van der Waals surface area contributed by atoms with E-state index in [9.17, 15) is 9.59 Å². The van der Waals surface area contributed by atoms with Crippen molar-refractivity contribution < 1.29 is 19.4 Å². The van der Waals surface area contributed by atoms with Crippen LogP contribution in [0, 0.1) is 0 Å². The summed E-state index contributed by atoms with van der Waals surface area (Å²) in [7, 11) is 1.33. The standard InChI is InChI=1S/C11H13BrN2O4/c1-18-9(11(16)17)5-14-8-3-2-6(10(13)15)4-7(8)12/h2-4,9,14H,5H2,1H3,(H2,13,15)(H,16,17). The van der Waals surface area contributed by atoms with E-state index in [0.717, 1.165) is 0 Å². The second-order valence-electron chi connectivity index (χ2n) is 3.50. The second-order valence-corrected chi connectivity index (χ2v) is 4.36. The number of hydrogen-bond donors (Lipinski definition) is 3. The van der Waals surface area contributed by atoms with Gasteiger partial charge in [0.05, 0.1) is 6.54 Å². The van der Waals surface area contributed by atoms with Gasteiger partial charge in [0.15, 0.2) is 6.10 Å². The number of nitrogens with one attached hydrogen (secondary N) is 1. The summed E-state index contributed by atoms with van der Waals surface area (Å²) in [6, 6.07) is 4.75. The highest BCUT2D eigenvalue weighted by Gasteiger charge is 2.16. The number of methoxy groups -OCH3 is 1. The Labute approximate surface area is 112 Å². The van der Waals surface area contributed by atoms with E-state index < -0.39 is 18.0 Å². The summed E-state index contributed by atoms with van der Waals surface area (Å²) in [5.41, 5.74) is 6.16. The molecule has 0 saturated heterocycles. The number of primary amides is 1. The summed E-state index contributed by atoms with van der Waals surface area (Å²) in [4.78, 5) is 21.7. The smallest absolute Gasteiger partial charge is 0.334 e. The fourth-order valence-electron chi connectivity index (χ4n) is 1.29. The molecule has 4 N–H and O–H groups in total. The summed E-state index contributed by atoms with van der Waals surface area (Å²) < 4.78 is 5.41. The third kappa shape index (κ3) is 3.71. The van der Waals surface area contributed by atoms with E-state index >= 15 is 0 Å². The van der Waals surface area contributed by atoms with Crippen molar-refractivity contribution in [3.8, 4) is 0 Å². The van der Waals surface area contributed by atoms with Crippen LogP contribution in [0.3, 0.4) is 0 Å². The lowest BCUT2D eigenvalue weighted by Crippen LogP contribution is -2.30. The molecule has 1 amide bonds. The fourth-order valence-corrected chi connectivity index (χ4v) is 1.80. The Morgan fingerprint density at radius 3 is 2.67 bits per heavy atom. The quantitative estimate of drug-likeness (QED) is 0.728. The Morgan fingerprint density at radius 1 is 1.56 bits per heavy atom. The number of nitrogens with two attached hydrogens (primary N) is 1. The van der Waals surface area contributed by atoms with Gasteiger partial charge in [0.1, 0.15) is 0 Å². The minimum Gasteiger partial charge on any atom is -0.479 e. The zero-order chi connectivity index (χ0) is 13.7. The van der Waals surface area contributed by atoms with Crippen LogP contribution < -0.4 is 11.1 Å². The van der Waals surface area contributed by atoms with Crippen molar-refractivity contribution in [1.29, 1.82) is 0 Å². The van der Waals surface area contributed by atoms with Crippen molar-refractivity contribution >= 4 is 33.5 Å². The molecular formula is C11H13BrN2O4. The van der Waals surface area contributed by atoms with Gasteiger partial charge in [-0.1, -0.05) is 0 Å². The molecule has 1 rings (SSSR count). The molecule has 0 aliphatic rings. The van der Waals surface area contributed by atoms with Crippen LogP contribution in [-0.2, 0) is 9.53 Å². The van der Waals surface area contributed by atoms with Gasteiger partial charge in [0.2, 0.25) is 5.91 Å².